The predicted octanol–water partition coefficient (Wildman–Crippen LogP) is 3.94. The fourth-order valence-electron chi connectivity index (χ4n) is 1.48. The molecular weight excluding hydrogens is 174 g/mol. The standard InChI is InChI=1S/C12H17NO/c1-5-9-6-7-11(13-14)10(8-9)12(2,3)4/h6-8H,5H2,1-4H3. The monoisotopic (exact) mass is 191 g/mol. The number of nitroso groups, excluding NO2 is 1. The lowest BCUT2D eigenvalue weighted by Gasteiger charge is -2.20. The summed E-state index contributed by atoms with van der Waals surface area (Å²) in [5.41, 5.74) is 2.83. The van der Waals surface area contributed by atoms with Gasteiger partial charge < -0.3 is 0 Å². The van der Waals surface area contributed by atoms with E-state index in [9.17, 15) is 4.91 Å². The molecular formula is C12H17NO. The Labute approximate surface area is 85.3 Å². The number of rotatable bonds is 2. The average molecular weight is 191 g/mol. The molecule has 14 heavy (non-hydrogen) atoms. The molecule has 0 aromatic heterocycles. The minimum absolute atomic E-state index is 0.0194. The summed E-state index contributed by atoms with van der Waals surface area (Å²) in [6.07, 6.45) is 0.988. The molecule has 0 aliphatic heterocycles. The van der Waals surface area contributed by atoms with Crippen LogP contribution in [0.4, 0.5) is 5.69 Å². The van der Waals surface area contributed by atoms with Crippen molar-refractivity contribution in [3.05, 3.63) is 34.2 Å². The molecule has 76 valence electrons. The summed E-state index contributed by atoms with van der Waals surface area (Å²) in [4.78, 5) is 10.6. The molecule has 0 amide bonds. The van der Waals surface area contributed by atoms with Crippen LogP contribution in [0.5, 0.6) is 0 Å². The minimum atomic E-state index is -0.0194. The molecule has 2 nitrogen and oxygen atoms in total. The van der Waals surface area contributed by atoms with Crippen LogP contribution in [0, 0.1) is 4.91 Å². The zero-order valence-electron chi connectivity index (χ0n) is 9.29. The summed E-state index contributed by atoms with van der Waals surface area (Å²) in [6, 6.07) is 5.86. The van der Waals surface area contributed by atoms with E-state index in [1.165, 1.54) is 5.56 Å². The van der Waals surface area contributed by atoms with Crippen LogP contribution in [-0.4, -0.2) is 0 Å². The Bertz CT molecular complexity index is 337. The third-order valence-corrected chi connectivity index (χ3v) is 2.38. The molecule has 1 aromatic carbocycles. The zero-order chi connectivity index (χ0) is 10.8. The SMILES string of the molecule is CCc1ccc(N=O)c(C(C)(C)C)c1. The molecule has 0 bridgehead atoms. The van der Waals surface area contributed by atoms with Gasteiger partial charge in [-0.2, -0.15) is 0 Å². The maximum atomic E-state index is 10.6. The van der Waals surface area contributed by atoms with E-state index in [1.54, 1.807) is 0 Å². The van der Waals surface area contributed by atoms with Gasteiger partial charge in [-0.15, -0.1) is 4.91 Å². The van der Waals surface area contributed by atoms with Crippen LogP contribution in [0.3, 0.4) is 0 Å². The molecule has 1 rings (SSSR count). The summed E-state index contributed by atoms with van der Waals surface area (Å²) in [5.74, 6) is 0. The van der Waals surface area contributed by atoms with Crippen LogP contribution in [0.1, 0.15) is 38.8 Å². The van der Waals surface area contributed by atoms with Crippen molar-refractivity contribution >= 4 is 5.69 Å². The maximum Gasteiger partial charge on any atom is 0.111 e. The van der Waals surface area contributed by atoms with E-state index >= 15 is 0 Å². The Morgan fingerprint density at radius 1 is 1.29 bits per heavy atom. The summed E-state index contributed by atoms with van der Waals surface area (Å²) >= 11 is 0. The van der Waals surface area contributed by atoms with Gasteiger partial charge in [-0.3, -0.25) is 0 Å². The van der Waals surface area contributed by atoms with Gasteiger partial charge in [0.15, 0.2) is 0 Å². The highest BCUT2D eigenvalue weighted by molar-refractivity contribution is 5.51. The molecule has 0 saturated heterocycles. The molecule has 0 saturated carbocycles. The van der Waals surface area contributed by atoms with Gasteiger partial charge in [-0.25, -0.2) is 0 Å². The van der Waals surface area contributed by atoms with E-state index in [4.69, 9.17) is 0 Å². The van der Waals surface area contributed by atoms with Crippen molar-refractivity contribution in [1.82, 2.24) is 0 Å². The quantitative estimate of drug-likeness (QED) is 0.651. The van der Waals surface area contributed by atoms with Crippen molar-refractivity contribution in [3.8, 4) is 0 Å². The molecule has 0 atom stereocenters. The van der Waals surface area contributed by atoms with Gasteiger partial charge in [-0.1, -0.05) is 39.8 Å². The van der Waals surface area contributed by atoms with Crippen LogP contribution >= 0.6 is 0 Å². The van der Waals surface area contributed by atoms with Gasteiger partial charge in [0.1, 0.15) is 5.69 Å². The van der Waals surface area contributed by atoms with Crippen molar-refractivity contribution < 1.29 is 0 Å². The third-order valence-electron chi connectivity index (χ3n) is 2.38. The first-order chi connectivity index (χ1) is 6.49. The topological polar surface area (TPSA) is 29.4 Å². The van der Waals surface area contributed by atoms with Crippen LogP contribution in [-0.2, 0) is 11.8 Å². The molecule has 0 heterocycles. The first-order valence-corrected chi connectivity index (χ1v) is 4.95. The molecule has 0 radical (unpaired) electrons. The first-order valence-electron chi connectivity index (χ1n) is 4.95. The first kappa shape index (κ1) is 10.9. The maximum absolute atomic E-state index is 10.6. The highest BCUT2D eigenvalue weighted by Gasteiger charge is 2.18. The zero-order valence-corrected chi connectivity index (χ0v) is 9.29. The third kappa shape index (κ3) is 2.19. The molecule has 0 unspecified atom stereocenters. The van der Waals surface area contributed by atoms with E-state index in [-0.39, 0.29) is 5.41 Å². The molecule has 0 spiro atoms. The Morgan fingerprint density at radius 3 is 2.36 bits per heavy atom. The molecule has 0 N–H and O–H groups in total. The Balaban J connectivity index is 3.29. The van der Waals surface area contributed by atoms with E-state index < -0.39 is 0 Å². The van der Waals surface area contributed by atoms with Crippen molar-refractivity contribution in [1.29, 1.82) is 0 Å². The summed E-state index contributed by atoms with van der Waals surface area (Å²) in [6.45, 7) is 8.39. The van der Waals surface area contributed by atoms with Crippen LogP contribution in [0.25, 0.3) is 0 Å². The second-order valence-corrected chi connectivity index (χ2v) is 4.55. The molecule has 2 heteroatoms. The second-order valence-electron chi connectivity index (χ2n) is 4.55. The molecule has 0 aliphatic rings. The molecule has 0 aliphatic carbocycles. The van der Waals surface area contributed by atoms with Gasteiger partial charge in [0.2, 0.25) is 0 Å². The fourth-order valence-corrected chi connectivity index (χ4v) is 1.48. The van der Waals surface area contributed by atoms with Gasteiger partial charge in [0, 0.05) is 0 Å². The van der Waals surface area contributed by atoms with E-state index in [0.29, 0.717) is 5.69 Å². The molecule has 1 aromatic rings. The summed E-state index contributed by atoms with van der Waals surface area (Å²) in [7, 11) is 0. The van der Waals surface area contributed by atoms with Crippen molar-refractivity contribution in [2.24, 2.45) is 5.18 Å². The van der Waals surface area contributed by atoms with Crippen molar-refractivity contribution in [2.75, 3.05) is 0 Å². The van der Waals surface area contributed by atoms with Gasteiger partial charge in [0.05, 0.1) is 0 Å². The van der Waals surface area contributed by atoms with Crippen molar-refractivity contribution in [3.63, 3.8) is 0 Å². The van der Waals surface area contributed by atoms with Gasteiger partial charge >= 0.3 is 0 Å². The number of hydrogen-bond acceptors (Lipinski definition) is 2. The smallest absolute Gasteiger partial charge is 0.111 e. The Kier molecular flexibility index (Phi) is 3.04. The Morgan fingerprint density at radius 2 is 1.93 bits per heavy atom. The number of benzene rings is 1. The van der Waals surface area contributed by atoms with Crippen LogP contribution < -0.4 is 0 Å². The Hall–Kier alpha value is -1.18. The van der Waals surface area contributed by atoms with E-state index in [2.05, 4.69) is 38.9 Å². The number of aryl methyl sites for hydroxylation is 1. The highest BCUT2D eigenvalue weighted by Crippen LogP contribution is 2.32. The van der Waals surface area contributed by atoms with Crippen molar-refractivity contribution in [2.45, 2.75) is 39.5 Å². The lowest BCUT2D eigenvalue weighted by atomic mass is 9.84. The van der Waals surface area contributed by atoms with Gasteiger partial charge in [0.25, 0.3) is 0 Å². The summed E-state index contributed by atoms with van der Waals surface area (Å²) < 4.78 is 0. The number of hydrogen-bond donors (Lipinski definition) is 0. The predicted molar refractivity (Wildman–Crippen MR) is 60.0 cm³/mol. The average Bonchev–Trinajstić information content (AvgIpc) is 2.15. The number of nitrogens with zero attached hydrogens (tertiary/aromatic N) is 1. The molecule has 0 fully saturated rings. The largest absolute Gasteiger partial charge is 0.145 e. The normalized spacial score (nSPS) is 11.4. The van der Waals surface area contributed by atoms with Crippen LogP contribution in [0.15, 0.2) is 23.4 Å². The highest BCUT2D eigenvalue weighted by atomic mass is 16.3. The second kappa shape index (κ2) is 3.91. The summed E-state index contributed by atoms with van der Waals surface area (Å²) in [5, 5.41) is 3.06. The lowest BCUT2D eigenvalue weighted by molar-refractivity contribution is 0.590. The van der Waals surface area contributed by atoms with Gasteiger partial charge in [-0.05, 0) is 34.2 Å². The minimum Gasteiger partial charge on any atom is -0.145 e. The van der Waals surface area contributed by atoms with E-state index in [0.717, 1.165) is 12.0 Å². The van der Waals surface area contributed by atoms with Crippen LogP contribution in [0.2, 0.25) is 0 Å². The van der Waals surface area contributed by atoms with E-state index in [1.807, 2.05) is 12.1 Å². The lowest BCUT2D eigenvalue weighted by Crippen LogP contribution is -2.11. The fraction of sp³-hybridized carbons (Fsp3) is 0.500.